The first kappa shape index (κ1) is 12.7. The molecule has 0 spiro atoms. The van der Waals surface area contributed by atoms with Crippen molar-refractivity contribution in [1.29, 1.82) is 0 Å². The van der Waals surface area contributed by atoms with Crippen LogP contribution in [0.5, 0.6) is 0 Å². The predicted octanol–water partition coefficient (Wildman–Crippen LogP) is 1.78. The van der Waals surface area contributed by atoms with Gasteiger partial charge in [-0.1, -0.05) is 6.07 Å². The van der Waals surface area contributed by atoms with Crippen LogP contribution < -0.4 is 16.8 Å². The molecule has 5 N–H and O–H groups in total. The van der Waals surface area contributed by atoms with Crippen molar-refractivity contribution in [3.05, 3.63) is 47.7 Å². The Balaban J connectivity index is 2.44. The molecular weight excluding hydrogens is 254 g/mol. The Labute approximate surface area is 107 Å². The summed E-state index contributed by atoms with van der Waals surface area (Å²) in [7, 11) is 0. The average molecular weight is 264 g/mol. The molecule has 0 atom stereocenters. The van der Waals surface area contributed by atoms with Crippen LogP contribution in [0.25, 0.3) is 0 Å². The molecule has 0 fully saturated rings. The van der Waals surface area contributed by atoms with Crippen LogP contribution in [0.1, 0.15) is 10.4 Å². The average Bonchev–Trinajstić information content (AvgIpc) is 2.36. The molecule has 1 heterocycles. The van der Waals surface area contributed by atoms with Crippen LogP contribution >= 0.6 is 0 Å². The number of hydrogen-bond donors (Lipinski definition) is 3. The molecule has 0 saturated carbocycles. The zero-order valence-electron chi connectivity index (χ0n) is 9.65. The number of primary amides is 1. The van der Waals surface area contributed by atoms with Gasteiger partial charge in [0.2, 0.25) is 0 Å². The first-order chi connectivity index (χ1) is 8.99. The Morgan fingerprint density at radius 1 is 1.32 bits per heavy atom. The minimum Gasteiger partial charge on any atom is -0.397 e. The number of nitrogen functional groups attached to an aromatic ring is 1. The van der Waals surface area contributed by atoms with E-state index in [0.29, 0.717) is 0 Å². The summed E-state index contributed by atoms with van der Waals surface area (Å²) in [4.78, 5) is 15.1. The van der Waals surface area contributed by atoms with E-state index in [4.69, 9.17) is 11.5 Å². The minimum absolute atomic E-state index is 0.00574. The van der Waals surface area contributed by atoms with Crippen LogP contribution in [-0.4, -0.2) is 10.9 Å². The Morgan fingerprint density at radius 2 is 2.05 bits per heavy atom. The van der Waals surface area contributed by atoms with Gasteiger partial charge in [-0.15, -0.1) is 0 Å². The number of nitrogens with one attached hydrogen (secondary N) is 1. The van der Waals surface area contributed by atoms with Crippen molar-refractivity contribution in [1.82, 2.24) is 4.98 Å². The molecule has 1 aromatic heterocycles. The fourth-order valence-electron chi connectivity index (χ4n) is 1.50. The highest BCUT2D eigenvalue weighted by molar-refractivity contribution is 5.99. The zero-order valence-corrected chi connectivity index (χ0v) is 9.65. The van der Waals surface area contributed by atoms with Crippen molar-refractivity contribution < 1.29 is 13.6 Å². The second-order valence-corrected chi connectivity index (χ2v) is 3.76. The van der Waals surface area contributed by atoms with E-state index in [0.717, 1.165) is 6.07 Å². The monoisotopic (exact) mass is 264 g/mol. The topological polar surface area (TPSA) is 94.0 Å². The van der Waals surface area contributed by atoms with Gasteiger partial charge in [-0.2, -0.15) is 0 Å². The highest BCUT2D eigenvalue weighted by Gasteiger charge is 2.13. The normalized spacial score (nSPS) is 10.2. The number of aromatic nitrogens is 1. The van der Waals surface area contributed by atoms with E-state index in [1.54, 1.807) is 0 Å². The van der Waals surface area contributed by atoms with Gasteiger partial charge < -0.3 is 16.8 Å². The van der Waals surface area contributed by atoms with Crippen molar-refractivity contribution in [2.45, 2.75) is 0 Å². The maximum Gasteiger partial charge on any atom is 0.252 e. The van der Waals surface area contributed by atoms with Crippen LogP contribution in [0.4, 0.5) is 26.0 Å². The van der Waals surface area contributed by atoms with Crippen molar-refractivity contribution in [3.63, 3.8) is 0 Å². The van der Waals surface area contributed by atoms with Crippen molar-refractivity contribution >= 4 is 23.1 Å². The predicted molar refractivity (Wildman–Crippen MR) is 66.8 cm³/mol. The smallest absolute Gasteiger partial charge is 0.252 e. The van der Waals surface area contributed by atoms with Crippen LogP contribution in [-0.2, 0) is 0 Å². The Morgan fingerprint density at radius 3 is 2.74 bits per heavy atom. The molecule has 19 heavy (non-hydrogen) atoms. The molecular formula is C12H10F2N4O. The standard InChI is InChI=1S/C12H10F2N4O/c13-8-2-1-3-9(10(8)14)18-12-7(11(16)19)4-6(15)5-17-12/h1-5H,15H2,(H2,16,19)(H,17,18). The van der Waals surface area contributed by atoms with Gasteiger partial charge in [-0.25, -0.2) is 13.8 Å². The van der Waals surface area contributed by atoms with E-state index in [-0.39, 0.29) is 22.8 Å². The van der Waals surface area contributed by atoms with Crippen LogP contribution in [0, 0.1) is 11.6 Å². The lowest BCUT2D eigenvalue weighted by Gasteiger charge is -2.10. The number of halogens is 2. The molecule has 0 saturated heterocycles. The van der Waals surface area contributed by atoms with Crippen molar-refractivity contribution in [3.8, 4) is 0 Å². The molecule has 0 aliphatic rings. The largest absolute Gasteiger partial charge is 0.397 e. The van der Waals surface area contributed by atoms with Gasteiger partial charge >= 0.3 is 0 Å². The van der Waals surface area contributed by atoms with Gasteiger partial charge in [0.15, 0.2) is 11.6 Å². The lowest BCUT2D eigenvalue weighted by atomic mass is 10.2. The number of pyridine rings is 1. The number of anilines is 3. The Kier molecular flexibility index (Phi) is 3.28. The summed E-state index contributed by atoms with van der Waals surface area (Å²) in [5.74, 6) is -2.86. The zero-order chi connectivity index (χ0) is 14.0. The second kappa shape index (κ2) is 4.89. The lowest BCUT2D eigenvalue weighted by Crippen LogP contribution is -2.15. The molecule has 1 amide bonds. The number of hydrogen-bond acceptors (Lipinski definition) is 4. The number of amides is 1. The van der Waals surface area contributed by atoms with Crippen LogP contribution in [0.15, 0.2) is 30.5 Å². The molecule has 0 radical (unpaired) electrons. The molecule has 0 aliphatic heterocycles. The minimum atomic E-state index is -1.07. The van der Waals surface area contributed by atoms with E-state index in [9.17, 15) is 13.6 Å². The SMILES string of the molecule is NC(=O)c1cc(N)cnc1Nc1cccc(F)c1F. The van der Waals surface area contributed by atoms with Gasteiger partial charge in [0, 0.05) is 0 Å². The third kappa shape index (κ3) is 2.59. The van der Waals surface area contributed by atoms with Gasteiger partial charge in [0.25, 0.3) is 5.91 Å². The molecule has 1 aromatic carbocycles. The summed E-state index contributed by atoms with van der Waals surface area (Å²) in [6.07, 6.45) is 1.27. The van der Waals surface area contributed by atoms with Crippen molar-refractivity contribution in [2.24, 2.45) is 5.73 Å². The fraction of sp³-hybridized carbons (Fsp3) is 0. The summed E-state index contributed by atoms with van der Waals surface area (Å²) >= 11 is 0. The first-order valence-electron chi connectivity index (χ1n) is 5.25. The number of benzene rings is 1. The van der Waals surface area contributed by atoms with Gasteiger partial charge in [0.05, 0.1) is 23.1 Å². The third-order valence-corrected chi connectivity index (χ3v) is 2.38. The number of carbonyl (C=O) groups excluding carboxylic acids is 1. The maximum absolute atomic E-state index is 13.5. The number of nitrogens with two attached hydrogens (primary N) is 2. The van der Waals surface area contributed by atoms with E-state index >= 15 is 0 Å². The summed E-state index contributed by atoms with van der Waals surface area (Å²) < 4.78 is 26.6. The quantitative estimate of drug-likeness (QED) is 0.787. The molecule has 0 unspecified atom stereocenters. The second-order valence-electron chi connectivity index (χ2n) is 3.76. The maximum atomic E-state index is 13.5. The van der Waals surface area contributed by atoms with Crippen LogP contribution in [0.2, 0.25) is 0 Å². The molecule has 2 aromatic rings. The van der Waals surface area contributed by atoms with E-state index < -0.39 is 17.5 Å². The molecule has 98 valence electrons. The summed E-state index contributed by atoms with van der Waals surface area (Å²) in [5, 5.41) is 2.51. The van der Waals surface area contributed by atoms with Gasteiger partial charge in [-0.05, 0) is 18.2 Å². The fourth-order valence-corrected chi connectivity index (χ4v) is 1.50. The number of carbonyl (C=O) groups is 1. The molecule has 0 bridgehead atoms. The molecule has 2 rings (SSSR count). The highest BCUT2D eigenvalue weighted by Crippen LogP contribution is 2.23. The lowest BCUT2D eigenvalue weighted by molar-refractivity contribution is 0.100. The van der Waals surface area contributed by atoms with E-state index in [1.807, 2.05) is 0 Å². The third-order valence-electron chi connectivity index (χ3n) is 2.38. The van der Waals surface area contributed by atoms with E-state index in [2.05, 4.69) is 10.3 Å². The highest BCUT2D eigenvalue weighted by atomic mass is 19.2. The summed E-state index contributed by atoms with van der Waals surface area (Å²) in [5.41, 5.74) is 10.7. The van der Waals surface area contributed by atoms with Crippen molar-refractivity contribution in [2.75, 3.05) is 11.1 Å². The molecule has 5 nitrogen and oxygen atoms in total. The Hall–Kier alpha value is -2.70. The van der Waals surface area contributed by atoms with Crippen LogP contribution in [0.3, 0.4) is 0 Å². The number of nitrogens with zero attached hydrogens (tertiary/aromatic N) is 1. The first-order valence-corrected chi connectivity index (χ1v) is 5.25. The molecule has 7 heteroatoms. The summed E-state index contributed by atoms with van der Waals surface area (Å²) in [6.45, 7) is 0. The number of rotatable bonds is 3. The Bertz CT molecular complexity index is 646. The van der Waals surface area contributed by atoms with Gasteiger partial charge in [0.1, 0.15) is 5.82 Å². The molecule has 0 aliphatic carbocycles. The van der Waals surface area contributed by atoms with Gasteiger partial charge in [-0.3, -0.25) is 4.79 Å². The summed E-state index contributed by atoms with van der Waals surface area (Å²) in [6, 6.07) is 4.91. The van der Waals surface area contributed by atoms with E-state index in [1.165, 1.54) is 24.4 Å².